The van der Waals surface area contributed by atoms with Gasteiger partial charge in [-0.05, 0) is 75.2 Å². The Morgan fingerprint density at radius 1 is 0.925 bits per heavy atom. The lowest BCUT2D eigenvalue weighted by atomic mass is 10.1. The van der Waals surface area contributed by atoms with E-state index >= 15 is 0 Å². The van der Waals surface area contributed by atoms with E-state index in [0.29, 0.717) is 18.0 Å². The lowest BCUT2D eigenvalue weighted by Gasteiger charge is -2.33. The van der Waals surface area contributed by atoms with Crippen molar-refractivity contribution in [1.82, 2.24) is 10.2 Å². The average Bonchev–Trinajstić information content (AvgIpc) is 2.89. The topological polar surface area (TPSA) is 96.0 Å². The molecule has 10 heteroatoms. The van der Waals surface area contributed by atoms with E-state index in [1.165, 1.54) is 4.90 Å². The van der Waals surface area contributed by atoms with Gasteiger partial charge in [-0.1, -0.05) is 58.4 Å². The zero-order valence-electron chi connectivity index (χ0n) is 23.4. The lowest BCUT2D eigenvalue weighted by Crippen LogP contribution is -2.54. The van der Waals surface area contributed by atoms with E-state index in [1.54, 1.807) is 31.2 Å². The fourth-order valence-electron chi connectivity index (χ4n) is 3.91. The van der Waals surface area contributed by atoms with E-state index in [0.717, 1.165) is 26.2 Å². The number of sulfonamides is 1. The van der Waals surface area contributed by atoms with Crippen LogP contribution in [0.2, 0.25) is 0 Å². The molecule has 0 aliphatic carbocycles. The van der Waals surface area contributed by atoms with E-state index in [4.69, 9.17) is 4.74 Å². The summed E-state index contributed by atoms with van der Waals surface area (Å²) in [7, 11) is -3.83. The summed E-state index contributed by atoms with van der Waals surface area (Å²) in [5.41, 5.74) is 1.63. The molecule has 3 aromatic rings. The van der Waals surface area contributed by atoms with Gasteiger partial charge in [0.05, 0.1) is 11.9 Å². The number of halogens is 1. The van der Waals surface area contributed by atoms with E-state index in [9.17, 15) is 18.0 Å². The summed E-state index contributed by atoms with van der Waals surface area (Å²) < 4.78 is 33.4. The molecule has 0 saturated heterocycles. The third kappa shape index (κ3) is 9.38. The van der Waals surface area contributed by atoms with Gasteiger partial charge in [-0.2, -0.15) is 0 Å². The second-order valence-corrected chi connectivity index (χ2v) is 13.4. The Morgan fingerprint density at radius 2 is 1.52 bits per heavy atom. The SMILES string of the molecule is C[C@@H](C(=O)NC(C)(C)C)N(Cc1ccc(Br)cc1)C(=O)CN(c1ccc(OCc2ccccc2)cc1)S(C)(=O)=O. The zero-order chi connectivity index (χ0) is 29.5. The normalized spacial score (nSPS) is 12.3. The molecule has 0 radical (unpaired) electrons. The van der Waals surface area contributed by atoms with E-state index in [-0.39, 0.29) is 12.5 Å². The van der Waals surface area contributed by atoms with Crippen LogP contribution in [0.5, 0.6) is 5.75 Å². The highest BCUT2D eigenvalue weighted by atomic mass is 79.9. The number of anilines is 1. The van der Waals surface area contributed by atoms with Crippen molar-refractivity contribution < 1.29 is 22.7 Å². The van der Waals surface area contributed by atoms with E-state index < -0.39 is 34.1 Å². The maximum atomic E-state index is 13.7. The number of hydrogen-bond donors (Lipinski definition) is 1. The molecule has 2 amide bonds. The van der Waals surface area contributed by atoms with Crippen LogP contribution >= 0.6 is 15.9 Å². The summed E-state index contributed by atoms with van der Waals surface area (Å²) in [4.78, 5) is 28.1. The molecular formula is C30H36BrN3O5S. The molecule has 0 aliphatic heterocycles. The molecule has 0 aromatic heterocycles. The summed E-state index contributed by atoms with van der Waals surface area (Å²) in [5, 5.41) is 2.91. The Morgan fingerprint density at radius 3 is 2.08 bits per heavy atom. The summed E-state index contributed by atoms with van der Waals surface area (Å²) in [6.45, 7) is 7.25. The standard InChI is InChI=1S/C30H36BrN3O5S/c1-22(29(36)32-30(2,3)4)33(19-23-11-13-25(31)14-12-23)28(35)20-34(40(5,37)38)26-15-17-27(18-16-26)39-21-24-9-7-6-8-10-24/h6-18,22H,19-21H2,1-5H3,(H,32,36)/t22-/m0/s1. The van der Waals surface area contributed by atoms with Gasteiger partial charge in [0.2, 0.25) is 21.8 Å². The third-order valence-electron chi connectivity index (χ3n) is 5.98. The van der Waals surface area contributed by atoms with Gasteiger partial charge >= 0.3 is 0 Å². The van der Waals surface area contributed by atoms with Crippen LogP contribution in [0, 0.1) is 0 Å². The van der Waals surface area contributed by atoms with Crippen molar-refractivity contribution in [3.05, 3.63) is 94.5 Å². The molecule has 0 aliphatic rings. The van der Waals surface area contributed by atoms with Crippen LogP contribution in [-0.4, -0.2) is 49.5 Å². The van der Waals surface area contributed by atoms with Gasteiger partial charge in [-0.15, -0.1) is 0 Å². The Kier molecular flexibility index (Phi) is 10.4. The number of carbonyl (C=O) groups is 2. The summed E-state index contributed by atoms with van der Waals surface area (Å²) in [5.74, 6) is -0.269. The Labute approximate surface area is 245 Å². The fraction of sp³-hybridized carbons (Fsp3) is 0.333. The molecule has 40 heavy (non-hydrogen) atoms. The van der Waals surface area contributed by atoms with Gasteiger partial charge in [-0.25, -0.2) is 8.42 Å². The largest absolute Gasteiger partial charge is 0.489 e. The molecule has 214 valence electrons. The zero-order valence-corrected chi connectivity index (χ0v) is 25.8. The number of amides is 2. The van der Waals surface area contributed by atoms with Gasteiger partial charge in [0.25, 0.3) is 0 Å². The molecule has 0 saturated carbocycles. The highest BCUT2D eigenvalue weighted by Gasteiger charge is 2.31. The van der Waals surface area contributed by atoms with Crippen LogP contribution in [0.3, 0.4) is 0 Å². The Hall–Kier alpha value is -3.37. The van der Waals surface area contributed by atoms with Crippen LogP contribution in [0.25, 0.3) is 0 Å². The number of benzene rings is 3. The Bertz CT molecular complexity index is 1390. The second-order valence-electron chi connectivity index (χ2n) is 10.6. The number of carbonyl (C=O) groups excluding carboxylic acids is 2. The molecule has 0 spiro atoms. The van der Waals surface area contributed by atoms with Crippen LogP contribution < -0.4 is 14.4 Å². The third-order valence-corrected chi connectivity index (χ3v) is 7.65. The predicted molar refractivity (Wildman–Crippen MR) is 161 cm³/mol. The molecular weight excluding hydrogens is 594 g/mol. The number of rotatable bonds is 11. The first-order valence-electron chi connectivity index (χ1n) is 12.8. The quantitative estimate of drug-likeness (QED) is 0.317. The molecule has 3 aromatic carbocycles. The molecule has 0 heterocycles. The van der Waals surface area contributed by atoms with Crippen molar-refractivity contribution in [2.24, 2.45) is 0 Å². The van der Waals surface area contributed by atoms with E-state index in [1.807, 2.05) is 75.4 Å². The number of nitrogens with zero attached hydrogens (tertiary/aromatic N) is 2. The molecule has 8 nitrogen and oxygen atoms in total. The van der Waals surface area contributed by atoms with Crippen LogP contribution in [0.15, 0.2) is 83.3 Å². The average molecular weight is 631 g/mol. The van der Waals surface area contributed by atoms with Crippen molar-refractivity contribution in [2.45, 2.75) is 52.4 Å². The minimum Gasteiger partial charge on any atom is -0.489 e. The summed E-state index contributed by atoms with van der Waals surface area (Å²) in [6.07, 6.45) is 1.05. The van der Waals surface area contributed by atoms with Crippen molar-refractivity contribution >= 4 is 43.5 Å². The fourth-order valence-corrected chi connectivity index (χ4v) is 5.02. The first-order valence-corrected chi connectivity index (χ1v) is 15.5. The van der Waals surface area contributed by atoms with Gasteiger partial charge < -0.3 is 15.0 Å². The van der Waals surface area contributed by atoms with Gasteiger partial charge in [0.15, 0.2) is 0 Å². The molecule has 3 rings (SSSR count). The molecule has 0 bridgehead atoms. The van der Waals surface area contributed by atoms with Crippen molar-refractivity contribution in [3.8, 4) is 5.75 Å². The van der Waals surface area contributed by atoms with Crippen LogP contribution in [-0.2, 0) is 32.8 Å². The number of ether oxygens (including phenoxy) is 1. The maximum Gasteiger partial charge on any atom is 0.244 e. The predicted octanol–water partition coefficient (Wildman–Crippen LogP) is 5.13. The minimum atomic E-state index is -3.83. The monoisotopic (exact) mass is 629 g/mol. The summed E-state index contributed by atoms with van der Waals surface area (Å²) >= 11 is 3.41. The van der Waals surface area contributed by atoms with Gasteiger partial charge in [-0.3, -0.25) is 13.9 Å². The van der Waals surface area contributed by atoms with Gasteiger partial charge in [0.1, 0.15) is 24.9 Å². The highest BCUT2D eigenvalue weighted by molar-refractivity contribution is 9.10. The maximum absolute atomic E-state index is 13.7. The number of nitrogens with one attached hydrogen (secondary N) is 1. The van der Waals surface area contributed by atoms with E-state index in [2.05, 4.69) is 21.2 Å². The minimum absolute atomic E-state index is 0.134. The number of hydrogen-bond acceptors (Lipinski definition) is 5. The molecule has 0 fully saturated rings. The van der Waals surface area contributed by atoms with Gasteiger partial charge in [0, 0.05) is 16.6 Å². The van der Waals surface area contributed by atoms with Crippen molar-refractivity contribution in [1.29, 1.82) is 0 Å². The van der Waals surface area contributed by atoms with Crippen LogP contribution in [0.4, 0.5) is 5.69 Å². The summed E-state index contributed by atoms with van der Waals surface area (Å²) in [6, 6.07) is 22.8. The lowest BCUT2D eigenvalue weighted by molar-refractivity contribution is -0.140. The molecule has 1 N–H and O–H groups in total. The Balaban J connectivity index is 1.83. The smallest absolute Gasteiger partial charge is 0.244 e. The molecule has 0 unspecified atom stereocenters. The van der Waals surface area contributed by atoms with Crippen molar-refractivity contribution in [3.63, 3.8) is 0 Å². The van der Waals surface area contributed by atoms with Crippen LogP contribution in [0.1, 0.15) is 38.8 Å². The first-order chi connectivity index (χ1) is 18.7. The highest BCUT2D eigenvalue weighted by Crippen LogP contribution is 2.23. The first kappa shape index (κ1) is 31.2. The van der Waals surface area contributed by atoms with Crippen molar-refractivity contribution in [2.75, 3.05) is 17.1 Å². The molecule has 1 atom stereocenters. The second kappa shape index (κ2) is 13.3.